The van der Waals surface area contributed by atoms with Crippen molar-refractivity contribution in [1.29, 1.82) is 0 Å². The maximum Gasteiger partial charge on any atom is 0.251 e. The first-order valence-corrected chi connectivity index (χ1v) is 9.21. The van der Waals surface area contributed by atoms with Gasteiger partial charge in [-0.05, 0) is 56.6 Å². The maximum absolute atomic E-state index is 12.3. The van der Waals surface area contributed by atoms with Crippen molar-refractivity contribution in [2.75, 3.05) is 19.7 Å². The molecule has 4 N–H and O–H groups in total. The average Bonchev–Trinajstić information content (AvgIpc) is 2.89. The number of sulfonamides is 1. The Morgan fingerprint density at radius 3 is 2.52 bits per heavy atom. The Labute approximate surface area is 135 Å². The Kier molecular flexibility index (Phi) is 4.41. The first kappa shape index (κ1) is 16.4. The van der Waals surface area contributed by atoms with Crippen molar-refractivity contribution >= 4 is 15.9 Å². The van der Waals surface area contributed by atoms with Crippen LogP contribution in [-0.4, -0.2) is 45.7 Å². The fraction of sp³-hybridized carbons (Fsp3) is 0.533. The number of primary sulfonamides is 1. The smallest absolute Gasteiger partial charge is 0.251 e. The van der Waals surface area contributed by atoms with E-state index in [-0.39, 0.29) is 22.4 Å². The standard InChI is InChI=1S/C15H21N3O4S/c16-23(20,21)13-3-1-11(2-4-13)14(19)18-12-9-15(22-10-12)5-7-17-8-6-15/h1-4,12,17H,5-10H2,(H,18,19)(H2,16,20,21)/t12-/m0/s1. The molecule has 1 amide bonds. The molecule has 7 nitrogen and oxygen atoms in total. The van der Waals surface area contributed by atoms with Gasteiger partial charge in [0, 0.05) is 5.56 Å². The number of carbonyl (C=O) groups excluding carboxylic acids is 1. The minimum absolute atomic E-state index is 0.00749. The Balaban J connectivity index is 1.61. The van der Waals surface area contributed by atoms with Gasteiger partial charge >= 0.3 is 0 Å². The molecule has 3 rings (SSSR count). The lowest BCUT2D eigenvalue weighted by atomic mass is 9.88. The summed E-state index contributed by atoms with van der Waals surface area (Å²) in [4.78, 5) is 12.3. The zero-order valence-electron chi connectivity index (χ0n) is 12.7. The molecule has 1 aromatic rings. The predicted molar refractivity (Wildman–Crippen MR) is 84.5 cm³/mol. The van der Waals surface area contributed by atoms with Crippen molar-refractivity contribution in [3.05, 3.63) is 29.8 Å². The lowest BCUT2D eigenvalue weighted by molar-refractivity contribution is -0.0194. The largest absolute Gasteiger partial charge is 0.373 e. The van der Waals surface area contributed by atoms with Gasteiger partial charge in [0.05, 0.1) is 23.1 Å². The Morgan fingerprint density at radius 2 is 1.91 bits per heavy atom. The number of piperidine rings is 1. The van der Waals surface area contributed by atoms with Gasteiger partial charge in [0.25, 0.3) is 5.91 Å². The van der Waals surface area contributed by atoms with Crippen molar-refractivity contribution in [2.24, 2.45) is 5.14 Å². The summed E-state index contributed by atoms with van der Waals surface area (Å²) in [5.41, 5.74) is 0.296. The summed E-state index contributed by atoms with van der Waals surface area (Å²) in [6.07, 6.45) is 2.74. The third kappa shape index (κ3) is 3.72. The van der Waals surface area contributed by atoms with E-state index >= 15 is 0 Å². The van der Waals surface area contributed by atoms with Gasteiger partial charge in [-0.1, -0.05) is 0 Å². The third-order valence-corrected chi connectivity index (χ3v) is 5.43. The second-order valence-corrected chi connectivity index (χ2v) is 7.75. The van der Waals surface area contributed by atoms with Crippen LogP contribution >= 0.6 is 0 Å². The van der Waals surface area contributed by atoms with Gasteiger partial charge in [-0.25, -0.2) is 13.6 Å². The highest BCUT2D eigenvalue weighted by Crippen LogP contribution is 2.33. The van der Waals surface area contributed by atoms with Gasteiger partial charge in [0.15, 0.2) is 0 Å². The molecule has 0 saturated carbocycles. The fourth-order valence-corrected chi connectivity index (χ4v) is 3.75. The molecule has 1 atom stereocenters. The van der Waals surface area contributed by atoms with E-state index in [1.807, 2.05) is 0 Å². The monoisotopic (exact) mass is 339 g/mol. The van der Waals surface area contributed by atoms with E-state index in [4.69, 9.17) is 9.88 Å². The van der Waals surface area contributed by atoms with Crippen molar-refractivity contribution in [2.45, 2.75) is 35.8 Å². The van der Waals surface area contributed by atoms with Crippen molar-refractivity contribution < 1.29 is 17.9 Å². The van der Waals surface area contributed by atoms with Crippen LogP contribution in [0.25, 0.3) is 0 Å². The Bertz CT molecular complexity index is 681. The topological polar surface area (TPSA) is 111 Å². The molecule has 2 aliphatic heterocycles. The van der Waals surface area contributed by atoms with Crippen molar-refractivity contribution in [3.63, 3.8) is 0 Å². The van der Waals surface area contributed by atoms with Gasteiger partial charge in [0.2, 0.25) is 10.0 Å². The third-order valence-electron chi connectivity index (χ3n) is 4.50. The van der Waals surface area contributed by atoms with Gasteiger partial charge in [-0.15, -0.1) is 0 Å². The van der Waals surface area contributed by atoms with Crippen molar-refractivity contribution in [3.8, 4) is 0 Å². The summed E-state index contributed by atoms with van der Waals surface area (Å²) < 4.78 is 28.4. The number of benzene rings is 1. The second-order valence-electron chi connectivity index (χ2n) is 6.19. The molecule has 0 bridgehead atoms. The zero-order chi connectivity index (χ0) is 16.5. The molecular weight excluding hydrogens is 318 g/mol. The lowest BCUT2D eigenvalue weighted by Gasteiger charge is -2.32. The van der Waals surface area contributed by atoms with Crippen molar-refractivity contribution in [1.82, 2.24) is 10.6 Å². The predicted octanol–water partition coefficient (Wildman–Crippen LogP) is -0.0251. The SMILES string of the molecule is NS(=O)(=O)c1ccc(C(=O)N[C@@H]2COC3(CCNCC3)C2)cc1. The number of amides is 1. The van der Waals surface area contributed by atoms with Gasteiger partial charge in [-0.3, -0.25) is 4.79 Å². The van der Waals surface area contributed by atoms with Crippen LogP contribution in [0.2, 0.25) is 0 Å². The number of hydrogen-bond donors (Lipinski definition) is 3. The molecule has 1 aromatic carbocycles. The number of ether oxygens (including phenoxy) is 1. The van der Waals surface area contributed by atoms with Crippen LogP contribution in [0.3, 0.4) is 0 Å². The molecule has 23 heavy (non-hydrogen) atoms. The molecule has 0 aliphatic carbocycles. The average molecular weight is 339 g/mol. The van der Waals surface area contributed by atoms with Crippen LogP contribution in [0, 0.1) is 0 Å². The molecule has 1 spiro atoms. The van der Waals surface area contributed by atoms with Crippen LogP contribution in [0.5, 0.6) is 0 Å². The summed E-state index contributed by atoms with van der Waals surface area (Å²) in [6.45, 7) is 2.40. The lowest BCUT2D eigenvalue weighted by Crippen LogP contribution is -2.43. The zero-order valence-corrected chi connectivity index (χ0v) is 13.6. The minimum atomic E-state index is -3.74. The molecule has 2 aliphatic rings. The molecule has 2 heterocycles. The molecule has 2 saturated heterocycles. The van der Waals surface area contributed by atoms with E-state index in [0.717, 1.165) is 32.4 Å². The van der Waals surface area contributed by atoms with Crippen LogP contribution in [0.4, 0.5) is 0 Å². The van der Waals surface area contributed by atoms with Crippen LogP contribution < -0.4 is 15.8 Å². The van der Waals surface area contributed by atoms with E-state index in [0.29, 0.717) is 12.2 Å². The number of hydrogen-bond acceptors (Lipinski definition) is 5. The first-order chi connectivity index (χ1) is 10.9. The summed E-state index contributed by atoms with van der Waals surface area (Å²) in [5, 5.41) is 11.3. The quantitative estimate of drug-likeness (QED) is 0.716. The van der Waals surface area contributed by atoms with E-state index in [1.54, 1.807) is 0 Å². The molecular formula is C15H21N3O4S. The second kappa shape index (κ2) is 6.20. The summed E-state index contributed by atoms with van der Waals surface area (Å²) in [5.74, 6) is -0.231. The molecule has 0 aromatic heterocycles. The van der Waals surface area contributed by atoms with Gasteiger partial charge in [-0.2, -0.15) is 0 Å². The number of carbonyl (C=O) groups is 1. The molecule has 126 valence electrons. The van der Waals surface area contributed by atoms with Crippen LogP contribution in [-0.2, 0) is 14.8 Å². The summed E-state index contributed by atoms with van der Waals surface area (Å²) in [6, 6.07) is 5.59. The first-order valence-electron chi connectivity index (χ1n) is 7.66. The van der Waals surface area contributed by atoms with Crippen LogP contribution in [0.15, 0.2) is 29.2 Å². The van der Waals surface area contributed by atoms with E-state index in [9.17, 15) is 13.2 Å². The molecule has 2 fully saturated rings. The van der Waals surface area contributed by atoms with E-state index < -0.39 is 10.0 Å². The summed E-state index contributed by atoms with van der Waals surface area (Å²) >= 11 is 0. The summed E-state index contributed by atoms with van der Waals surface area (Å²) in [7, 11) is -3.74. The highest BCUT2D eigenvalue weighted by molar-refractivity contribution is 7.89. The normalized spacial score (nSPS) is 23.8. The Hall–Kier alpha value is -1.48. The molecule has 0 unspecified atom stereocenters. The number of nitrogens with one attached hydrogen (secondary N) is 2. The maximum atomic E-state index is 12.3. The minimum Gasteiger partial charge on any atom is -0.373 e. The number of rotatable bonds is 3. The van der Waals surface area contributed by atoms with E-state index in [1.165, 1.54) is 24.3 Å². The Morgan fingerprint density at radius 1 is 1.26 bits per heavy atom. The van der Waals surface area contributed by atoms with Crippen LogP contribution in [0.1, 0.15) is 29.6 Å². The number of nitrogens with two attached hydrogens (primary N) is 1. The highest BCUT2D eigenvalue weighted by Gasteiger charge is 2.41. The molecule has 0 radical (unpaired) electrons. The van der Waals surface area contributed by atoms with E-state index in [2.05, 4.69) is 10.6 Å². The fourth-order valence-electron chi connectivity index (χ4n) is 3.23. The highest BCUT2D eigenvalue weighted by atomic mass is 32.2. The van der Waals surface area contributed by atoms with Gasteiger partial charge < -0.3 is 15.4 Å². The molecule has 8 heteroatoms. The van der Waals surface area contributed by atoms with Gasteiger partial charge in [0.1, 0.15) is 0 Å².